The SMILES string of the molecule is C=C(N)CN(CCCC(C)C)C(C)=O. The van der Waals surface area contributed by atoms with Crippen molar-refractivity contribution in [3.8, 4) is 0 Å². The Hall–Kier alpha value is -0.990. The van der Waals surface area contributed by atoms with Crippen molar-refractivity contribution in [2.75, 3.05) is 13.1 Å². The molecule has 3 heteroatoms. The van der Waals surface area contributed by atoms with Gasteiger partial charge in [-0.05, 0) is 18.8 Å². The first kappa shape index (κ1) is 13.0. The molecule has 0 unspecified atom stereocenters. The van der Waals surface area contributed by atoms with Gasteiger partial charge in [0.2, 0.25) is 5.91 Å². The van der Waals surface area contributed by atoms with E-state index < -0.39 is 0 Å². The molecule has 0 aromatic heterocycles. The van der Waals surface area contributed by atoms with Crippen LogP contribution in [0.3, 0.4) is 0 Å². The summed E-state index contributed by atoms with van der Waals surface area (Å²) in [5, 5.41) is 0. The fourth-order valence-corrected chi connectivity index (χ4v) is 1.28. The summed E-state index contributed by atoms with van der Waals surface area (Å²) >= 11 is 0. The summed E-state index contributed by atoms with van der Waals surface area (Å²) in [6.07, 6.45) is 2.17. The van der Waals surface area contributed by atoms with Crippen LogP contribution in [0.5, 0.6) is 0 Å². The smallest absolute Gasteiger partial charge is 0.219 e. The highest BCUT2D eigenvalue weighted by Crippen LogP contribution is 2.05. The molecule has 2 N–H and O–H groups in total. The monoisotopic (exact) mass is 198 g/mol. The van der Waals surface area contributed by atoms with Crippen LogP contribution in [0.4, 0.5) is 0 Å². The predicted octanol–water partition coefficient (Wildman–Crippen LogP) is 1.74. The molecule has 0 spiro atoms. The van der Waals surface area contributed by atoms with Crippen LogP contribution in [0.15, 0.2) is 12.3 Å². The minimum absolute atomic E-state index is 0.0698. The van der Waals surface area contributed by atoms with Gasteiger partial charge in [0.1, 0.15) is 0 Å². The van der Waals surface area contributed by atoms with Crippen molar-refractivity contribution in [3.63, 3.8) is 0 Å². The van der Waals surface area contributed by atoms with E-state index in [0.29, 0.717) is 18.2 Å². The maximum atomic E-state index is 11.2. The standard InChI is InChI=1S/C11H22N2O/c1-9(2)6-5-7-13(11(4)14)8-10(3)12/h9H,3,5-8,12H2,1-2,4H3. The highest BCUT2D eigenvalue weighted by molar-refractivity contribution is 5.73. The molecule has 3 nitrogen and oxygen atoms in total. The minimum Gasteiger partial charge on any atom is -0.401 e. The summed E-state index contributed by atoms with van der Waals surface area (Å²) < 4.78 is 0. The van der Waals surface area contributed by atoms with Crippen molar-refractivity contribution in [2.24, 2.45) is 11.7 Å². The maximum absolute atomic E-state index is 11.2. The zero-order valence-corrected chi connectivity index (χ0v) is 9.55. The van der Waals surface area contributed by atoms with Crippen molar-refractivity contribution in [1.29, 1.82) is 0 Å². The van der Waals surface area contributed by atoms with Crippen LogP contribution in [0.25, 0.3) is 0 Å². The fourth-order valence-electron chi connectivity index (χ4n) is 1.28. The third kappa shape index (κ3) is 6.52. The van der Waals surface area contributed by atoms with Crippen molar-refractivity contribution in [1.82, 2.24) is 4.90 Å². The van der Waals surface area contributed by atoms with Gasteiger partial charge in [-0.25, -0.2) is 0 Å². The van der Waals surface area contributed by atoms with Crippen molar-refractivity contribution >= 4 is 5.91 Å². The molecule has 0 heterocycles. The van der Waals surface area contributed by atoms with Crippen LogP contribution in [-0.2, 0) is 4.79 Å². The van der Waals surface area contributed by atoms with E-state index >= 15 is 0 Å². The maximum Gasteiger partial charge on any atom is 0.219 e. The first-order chi connectivity index (χ1) is 6.43. The van der Waals surface area contributed by atoms with Crippen molar-refractivity contribution in [3.05, 3.63) is 12.3 Å². The Bertz CT molecular complexity index is 199. The van der Waals surface area contributed by atoms with Crippen LogP contribution < -0.4 is 5.73 Å². The highest BCUT2D eigenvalue weighted by atomic mass is 16.2. The minimum atomic E-state index is 0.0698. The molecule has 0 saturated carbocycles. The molecule has 0 fully saturated rings. The van der Waals surface area contributed by atoms with Gasteiger partial charge in [-0.1, -0.05) is 20.4 Å². The quantitative estimate of drug-likeness (QED) is 0.706. The molecular weight excluding hydrogens is 176 g/mol. The van der Waals surface area contributed by atoms with Crippen LogP contribution in [0.1, 0.15) is 33.6 Å². The summed E-state index contributed by atoms with van der Waals surface area (Å²) in [6.45, 7) is 10.8. The third-order valence-corrected chi connectivity index (χ3v) is 2.05. The van der Waals surface area contributed by atoms with E-state index in [1.165, 1.54) is 0 Å². The van der Waals surface area contributed by atoms with Gasteiger partial charge in [-0.2, -0.15) is 0 Å². The van der Waals surface area contributed by atoms with E-state index in [2.05, 4.69) is 20.4 Å². The lowest BCUT2D eigenvalue weighted by molar-refractivity contribution is -0.128. The van der Waals surface area contributed by atoms with E-state index in [4.69, 9.17) is 5.73 Å². The van der Waals surface area contributed by atoms with E-state index in [1.54, 1.807) is 11.8 Å². The lowest BCUT2D eigenvalue weighted by Gasteiger charge is -2.21. The largest absolute Gasteiger partial charge is 0.401 e. The van der Waals surface area contributed by atoms with Crippen molar-refractivity contribution < 1.29 is 4.79 Å². The summed E-state index contributed by atoms with van der Waals surface area (Å²) in [4.78, 5) is 12.9. The molecule has 0 aromatic rings. The Kier molecular flexibility index (Phi) is 6.00. The van der Waals surface area contributed by atoms with Gasteiger partial charge in [-0.3, -0.25) is 4.79 Å². The van der Waals surface area contributed by atoms with E-state index in [1.807, 2.05) is 0 Å². The zero-order chi connectivity index (χ0) is 11.1. The molecule has 0 radical (unpaired) electrons. The van der Waals surface area contributed by atoms with Gasteiger partial charge < -0.3 is 10.6 Å². The lowest BCUT2D eigenvalue weighted by atomic mass is 10.1. The molecule has 1 amide bonds. The Balaban J connectivity index is 3.86. The van der Waals surface area contributed by atoms with Gasteiger partial charge in [0.15, 0.2) is 0 Å². The molecule has 0 saturated heterocycles. The zero-order valence-electron chi connectivity index (χ0n) is 9.55. The first-order valence-corrected chi connectivity index (χ1v) is 5.12. The summed E-state index contributed by atoms with van der Waals surface area (Å²) in [6, 6.07) is 0. The fraction of sp³-hybridized carbons (Fsp3) is 0.727. The van der Waals surface area contributed by atoms with Gasteiger partial charge in [0.05, 0.1) is 6.54 Å². The van der Waals surface area contributed by atoms with Gasteiger partial charge in [-0.15, -0.1) is 0 Å². The summed E-state index contributed by atoms with van der Waals surface area (Å²) in [5.74, 6) is 0.755. The van der Waals surface area contributed by atoms with Crippen molar-refractivity contribution in [2.45, 2.75) is 33.6 Å². The first-order valence-electron chi connectivity index (χ1n) is 5.12. The summed E-state index contributed by atoms with van der Waals surface area (Å²) in [7, 11) is 0. The number of carbonyl (C=O) groups is 1. The normalized spacial score (nSPS) is 10.3. The second-order valence-electron chi connectivity index (χ2n) is 4.13. The number of nitrogens with two attached hydrogens (primary N) is 1. The van der Waals surface area contributed by atoms with Crippen LogP contribution in [0.2, 0.25) is 0 Å². The molecule has 0 aromatic carbocycles. The Morgan fingerprint density at radius 3 is 2.43 bits per heavy atom. The second kappa shape index (κ2) is 6.46. The Morgan fingerprint density at radius 2 is 2.07 bits per heavy atom. The molecule has 0 aliphatic heterocycles. The Labute approximate surface area is 87.0 Å². The van der Waals surface area contributed by atoms with E-state index in [0.717, 1.165) is 19.4 Å². The molecule has 0 aliphatic carbocycles. The topological polar surface area (TPSA) is 46.3 Å². The number of rotatable bonds is 6. The molecule has 0 rings (SSSR count). The number of carbonyl (C=O) groups excluding carboxylic acids is 1. The van der Waals surface area contributed by atoms with Crippen LogP contribution >= 0.6 is 0 Å². The molecule has 82 valence electrons. The lowest BCUT2D eigenvalue weighted by Crippen LogP contribution is -2.33. The number of nitrogens with zero attached hydrogens (tertiary/aromatic N) is 1. The number of amides is 1. The average molecular weight is 198 g/mol. The van der Waals surface area contributed by atoms with Crippen LogP contribution in [-0.4, -0.2) is 23.9 Å². The number of hydrogen-bond donors (Lipinski definition) is 1. The second-order valence-corrected chi connectivity index (χ2v) is 4.13. The molecule has 0 atom stereocenters. The van der Waals surface area contributed by atoms with E-state index in [9.17, 15) is 4.79 Å². The number of hydrogen-bond acceptors (Lipinski definition) is 2. The molecular formula is C11H22N2O. The average Bonchev–Trinajstić information content (AvgIpc) is 2.00. The predicted molar refractivity (Wildman–Crippen MR) is 59.7 cm³/mol. The molecule has 14 heavy (non-hydrogen) atoms. The van der Waals surface area contributed by atoms with Crippen LogP contribution in [0, 0.1) is 5.92 Å². The molecule has 0 bridgehead atoms. The van der Waals surface area contributed by atoms with Gasteiger partial charge in [0, 0.05) is 19.2 Å². The summed E-state index contributed by atoms with van der Waals surface area (Å²) in [5.41, 5.74) is 6.02. The molecule has 0 aliphatic rings. The van der Waals surface area contributed by atoms with Gasteiger partial charge in [0.25, 0.3) is 0 Å². The van der Waals surface area contributed by atoms with E-state index in [-0.39, 0.29) is 5.91 Å². The highest BCUT2D eigenvalue weighted by Gasteiger charge is 2.08. The third-order valence-electron chi connectivity index (χ3n) is 2.05. The Morgan fingerprint density at radius 1 is 1.50 bits per heavy atom. The van der Waals surface area contributed by atoms with Gasteiger partial charge >= 0.3 is 0 Å².